The average Bonchev–Trinajstić information content (AvgIpc) is 3.07. The van der Waals surface area contributed by atoms with Gasteiger partial charge >= 0.3 is 11.9 Å². The molecule has 4 fully saturated rings. The Balaban J connectivity index is 1.20. The minimum Gasteiger partial charge on any atom is -0.462 e. The van der Waals surface area contributed by atoms with Gasteiger partial charge in [0, 0.05) is 13.0 Å². The molecular formula is C42H60O7. The highest BCUT2D eigenvalue weighted by atomic mass is 16.6. The highest BCUT2D eigenvalue weighted by Crippen LogP contribution is 2.74. The van der Waals surface area contributed by atoms with E-state index in [0.717, 1.165) is 63.4 Å². The molecule has 1 aromatic carbocycles. The lowest BCUT2D eigenvalue weighted by Crippen LogP contribution is -2.65. The maximum Gasteiger partial charge on any atom is 0.312 e. The van der Waals surface area contributed by atoms with Gasteiger partial charge in [-0.05, 0) is 116 Å². The first-order chi connectivity index (χ1) is 23.2. The van der Waals surface area contributed by atoms with Gasteiger partial charge in [0.2, 0.25) is 0 Å². The van der Waals surface area contributed by atoms with Gasteiger partial charge in [-0.1, -0.05) is 70.5 Å². The van der Waals surface area contributed by atoms with Crippen molar-refractivity contribution < 1.29 is 33.3 Å². The Kier molecular flexibility index (Phi) is 10.0. The third-order valence-corrected chi connectivity index (χ3v) is 15.0. The van der Waals surface area contributed by atoms with Gasteiger partial charge in [-0.25, -0.2) is 0 Å². The summed E-state index contributed by atoms with van der Waals surface area (Å²) in [5.74, 6) is 0.551. The SMILES string of the molecule is COCCOCCC(=O)O[C@H]1CC[C@@]2(C)C(CCC3(C)[C@@H]2C(=O)C=C2C4C[C@@](C)(C(=O)OCc5ccccc5)CC[C@]4(C)CC[C@]23C)[C@H]1C. The van der Waals surface area contributed by atoms with Gasteiger partial charge in [0.05, 0.1) is 31.7 Å². The van der Waals surface area contributed by atoms with E-state index in [4.69, 9.17) is 18.9 Å². The van der Waals surface area contributed by atoms with E-state index in [9.17, 15) is 14.4 Å². The van der Waals surface area contributed by atoms with E-state index in [1.807, 2.05) is 30.3 Å². The highest BCUT2D eigenvalue weighted by molar-refractivity contribution is 5.95. The van der Waals surface area contributed by atoms with E-state index in [1.54, 1.807) is 7.11 Å². The van der Waals surface area contributed by atoms with Crippen molar-refractivity contribution in [2.24, 2.45) is 50.7 Å². The second-order valence-corrected chi connectivity index (χ2v) is 17.7. The Hall–Kier alpha value is -2.51. The first-order valence-corrected chi connectivity index (χ1v) is 18.9. The van der Waals surface area contributed by atoms with Crippen molar-refractivity contribution >= 4 is 17.7 Å². The number of ketones is 1. The number of hydrogen-bond donors (Lipinski definition) is 0. The van der Waals surface area contributed by atoms with Crippen molar-refractivity contribution in [3.05, 3.63) is 47.5 Å². The standard InChI is InChI=1S/C42H60O7/c1-28-30-13-17-42(6)36(40(30,4)16-14-34(28)49-35(44)15-22-47-24-23-46-7)33(43)25-31-32-26-39(3,19-18-38(32,2)20-21-41(31,42)5)37(45)48-27-29-11-9-8-10-12-29/h8-12,25,28,30,32,34,36H,13-24,26-27H2,1-7H3/t28-,30?,32?,34+,36-,38-,39+,40+,41-,42?/m1/s1. The number of rotatable bonds is 10. The monoisotopic (exact) mass is 676 g/mol. The smallest absolute Gasteiger partial charge is 0.312 e. The molecular weight excluding hydrogens is 616 g/mol. The minimum absolute atomic E-state index is 0.0699. The Labute approximate surface area is 294 Å². The Morgan fingerprint density at radius 2 is 1.61 bits per heavy atom. The lowest BCUT2D eigenvalue weighted by atomic mass is 9.34. The molecule has 1 aromatic rings. The zero-order valence-electron chi connectivity index (χ0n) is 31.1. The molecule has 6 rings (SSSR count). The molecule has 0 aromatic heterocycles. The number of allylic oxidation sites excluding steroid dienone is 2. The number of methoxy groups -OCH3 is 1. The van der Waals surface area contributed by atoms with Gasteiger partial charge in [-0.2, -0.15) is 0 Å². The van der Waals surface area contributed by atoms with E-state index in [2.05, 4.69) is 47.6 Å². The van der Waals surface area contributed by atoms with E-state index in [0.29, 0.717) is 25.7 Å². The van der Waals surface area contributed by atoms with Crippen molar-refractivity contribution in [1.82, 2.24) is 0 Å². The number of ether oxygens (including phenoxy) is 4. The van der Waals surface area contributed by atoms with Crippen LogP contribution in [0.5, 0.6) is 0 Å². The fourth-order valence-corrected chi connectivity index (χ4v) is 11.6. The molecule has 0 spiro atoms. The molecule has 0 amide bonds. The van der Waals surface area contributed by atoms with E-state index in [1.165, 1.54) is 5.57 Å². The van der Waals surface area contributed by atoms with Crippen molar-refractivity contribution in [1.29, 1.82) is 0 Å². The maximum atomic E-state index is 14.7. The molecule has 270 valence electrons. The number of esters is 2. The summed E-state index contributed by atoms with van der Waals surface area (Å²) in [5.41, 5.74) is 1.33. The highest BCUT2D eigenvalue weighted by Gasteiger charge is 2.69. The molecule has 10 atom stereocenters. The summed E-state index contributed by atoms with van der Waals surface area (Å²) < 4.78 is 22.5. The third kappa shape index (κ3) is 6.23. The molecule has 0 heterocycles. The summed E-state index contributed by atoms with van der Waals surface area (Å²) in [4.78, 5) is 41.2. The molecule has 7 nitrogen and oxygen atoms in total. The molecule has 3 unspecified atom stereocenters. The van der Waals surface area contributed by atoms with E-state index in [-0.39, 0.29) is 76.3 Å². The second kappa shape index (κ2) is 13.6. The number of benzene rings is 1. The van der Waals surface area contributed by atoms with Gasteiger partial charge < -0.3 is 18.9 Å². The summed E-state index contributed by atoms with van der Waals surface area (Å²) >= 11 is 0. The maximum absolute atomic E-state index is 14.7. The molecule has 5 aliphatic carbocycles. The third-order valence-electron chi connectivity index (χ3n) is 15.0. The lowest BCUT2D eigenvalue weighted by Gasteiger charge is -2.69. The predicted molar refractivity (Wildman–Crippen MR) is 188 cm³/mol. The Morgan fingerprint density at radius 3 is 2.35 bits per heavy atom. The van der Waals surface area contributed by atoms with Crippen LogP contribution in [0.4, 0.5) is 0 Å². The van der Waals surface area contributed by atoms with Crippen LogP contribution in [0, 0.1) is 50.7 Å². The van der Waals surface area contributed by atoms with Crippen LogP contribution >= 0.6 is 0 Å². The zero-order valence-corrected chi connectivity index (χ0v) is 31.1. The van der Waals surface area contributed by atoms with Gasteiger partial charge in [-0.3, -0.25) is 14.4 Å². The molecule has 0 bridgehead atoms. The summed E-state index contributed by atoms with van der Waals surface area (Å²) in [5, 5.41) is 0. The quantitative estimate of drug-likeness (QED) is 0.182. The Bertz CT molecular complexity index is 1440. The van der Waals surface area contributed by atoms with Gasteiger partial charge in [0.25, 0.3) is 0 Å². The van der Waals surface area contributed by atoms with Crippen LogP contribution in [-0.2, 0) is 39.9 Å². The number of hydrogen-bond acceptors (Lipinski definition) is 7. The first kappa shape index (κ1) is 36.3. The number of fused-ring (bicyclic) bond motifs is 7. The van der Waals surface area contributed by atoms with Gasteiger partial charge in [-0.15, -0.1) is 0 Å². The van der Waals surface area contributed by atoms with Crippen molar-refractivity contribution in [2.75, 3.05) is 26.9 Å². The first-order valence-electron chi connectivity index (χ1n) is 18.9. The molecule has 0 radical (unpaired) electrons. The summed E-state index contributed by atoms with van der Waals surface area (Å²) in [6.45, 7) is 15.6. The second-order valence-electron chi connectivity index (χ2n) is 17.7. The molecule has 4 saturated carbocycles. The van der Waals surface area contributed by atoms with Crippen molar-refractivity contribution in [2.45, 2.75) is 118 Å². The van der Waals surface area contributed by atoms with E-state index < -0.39 is 5.41 Å². The van der Waals surface area contributed by atoms with Crippen LogP contribution in [0.15, 0.2) is 42.0 Å². The van der Waals surface area contributed by atoms with E-state index >= 15 is 0 Å². The predicted octanol–water partition coefficient (Wildman–Crippen LogP) is 8.29. The fourth-order valence-electron chi connectivity index (χ4n) is 11.6. The van der Waals surface area contributed by atoms with Crippen molar-refractivity contribution in [3.63, 3.8) is 0 Å². The summed E-state index contributed by atoms with van der Waals surface area (Å²) in [7, 11) is 1.63. The number of carbonyl (C=O) groups is 3. The van der Waals surface area contributed by atoms with Crippen LogP contribution < -0.4 is 0 Å². The molecule has 0 aliphatic heterocycles. The van der Waals surface area contributed by atoms with Gasteiger partial charge in [0.15, 0.2) is 5.78 Å². The fraction of sp³-hybridized carbons (Fsp3) is 0.738. The zero-order chi connectivity index (χ0) is 35.2. The van der Waals surface area contributed by atoms with Crippen LogP contribution in [-0.4, -0.2) is 50.8 Å². The van der Waals surface area contributed by atoms with Crippen molar-refractivity contribution in [3.8, 4) is 0 Å². The lowest BCUT2D eigenvalue weighted by molar-refractivity contribution is -0.193. The molecule has 0 saturated heterocycles. The van der Waals surface area contributed by atoms with Crippen LogP contribution in [0.1, 0.15) is 111 Å². The molecule has 0 N–H and O–H groups in total. The van der Waals surface area contributed by atoms with Gasteiger partial charge in [0.1, 0.15) is 12.7 Å². The van der Waals surface area contributed by atoms with Crippen LogP contribution in [0.3, 0.4) is 0 Å². The number of carbonyl (C=O) groups excluding carboxylic acids is 3. The minimum atomic E-state index is -0.580. The normalized spacial score (nSPS) is 41.3. The molecule has 7 heteroatoms. The molecule has 5 aliphatic rings. The summed E-state index contributed by atoms with van der Waals surface area (Å²) in [6, 6.07) is 9.90. The average molecular weight is 677 g/mol. The van der Waals surface area contributed by atoms with Crippen LogP contribution in [0.25, 0.3) is 0 Å². The molecule has 49 heavy (non-hydrogen) atoms. The largest absolute Gasteiger partial charge is 0.462 e. The Morgan fingerprint density at radius 1 is 0.878 bits per heavy atom. The van der Waals surface area contributed by atoms with Crippen LogP contribution in [0.2, 0.25) is 0 Å². The summed E-state index contributed by atoms with van der Waals surface area (Å²) in [6.07, 6.45) is 10.5. The topological polar surface area (TPSA) is 88.1 Å².